The Morgan fingerprint density at radius 3 is 2.57 bits per heavy atom. The first-order valence-electron chi connectivity index (χ1n) is 11.2. The Labute approximate surface area is 191 Å². The van der Waals surface area contributed by atoms with Gasteiger partial charge in [0, 0.05) is 41.9 Å². The molecule has 7 heteroatoms. The second kappa shape index (κ2) is 11.2. The van der Waals surface area contributed by atoms with E-state index in [4.69, 9.17) is 16.3 Å². The van der Waals surface area contributed by atoms with Crippen molar-refractivity contribution in [3.8, 4) is 0 Å². The van der Waals surface area contributed by atoms with E-state index in [0.717, 1.165) is 57.6 Å². The second-order valence-corrected chi connectivity index (χ2v) is 11.6. The summed E-state index contributed by atoms with van der Waals surface area (Å²) >= 11 is 6.02. The van der Waals surface area contributed by atoms with E-state index in [1.54, 1.807) is 6.92 Å². The lowest BCUT2D eigenvalue weighted by atomic mass is 9.85. The lowest BCUT2D eigenvalue weighted by Crippen LogP contribution is -2.43. The Morgan fingerprint density at radius 1 is 1.30 bits per heavy atom. The number of unbranched alkanes of at least 4 members (excludes halogenated alkanes) is 1. The summed E-state index contributed by atoms with van der Waals surface area (Å²) in [6, 6.07) is 8.28. The van der Waals surface area contributed by atoms with Gasteiger partial charge in [0.05, 0.1) is 5.60 Å². The summed E-state index contributed by atoms with van der Waals surface area (Å²) in [6.07, 6.45) is 5.41. The minimum atomic E-state index is -0.161. The number of amides is 1. The number of nitrogens with one attached hydrogen (secondary N) is 1. The number of anilines is 1. The summed E-state index contributed by atoms with van der Waals surface area (Å²) in [5, 5.41) is 4.02. The molecule has 1 aromatic carbocycles. The maximum Gasteiger partial charge on any atom is 0.275 e. The first-order valence-corrected chi connectivity index (χ1v) is 12.2. The first kappa shape index (κ1) is 25.5. The van der Waals surface area contributed by atoms with Crippen LogP contribution < -0.4 is 10.2 Å². The maximum atomic E-state index is 11.8. The lowest BCUT2D eigenvalue weighted by Gasteiger charge is -2.39. The molecule has 3 atom stereocenters. The quantitative estimate of drug-likeness (QED) is 0.290. The van der Waals surface area contributed by atoms with Gasteiger partial charge >= 0.3 is 0 Å². The van der Waals surface area contributed by atoms with Gasteiger partial charge in [0.2, 0.25) is 5.91 Å². The molecular formula is C23H39BClN2O2P. The molecule has 1 aliphatic rings. The smallest absolute Gasteiger partial charge is 0.275 e. The molecule has 2 rings (SSSR count). The predicted molar refractivity (Wildman–Crippen MR) is 134 cm³/mol. The molecule has 1 fully saturated rings. The van der Waals surface area contributed by atoms with Crippen LogP contribution in [0.4, 0.5) is 5.69 Å². The van der Waals surface area contributed by atoms with Crippen molar-refractivity contribution in [3.05, 3.63) is 29.3 Å². The van der Waals surface area contributed by atoms with Crippen LogP contribution in [0.15, 0.2) is 24.3 Å². The molecule has 0 aromatic heterocycles. The second-order valence-electron chi connectivity index (χ2n) is 9.71. The molecule has 1 N–H and O–H groups in total. The normalized spacial score (nSPS) is 18.4. The van der Waals surface area contributed by atoms with Gasteiger partial charge in [0.25, 0.3) is 7.48 Å². The molecule has 1 heterocycles. The molecule has 1 saturated heterocycles. The Kier molecular flexibility index (Phi) is 9.52. The third-order valence-corrected chi connectivity index (χ3v) is 7.50. The zero-order chi connectivity index (χ0) is 22.4. The van der Waals surface area contributed by atoms with Crippen LogP contribution in [0, 0.1) is 5.92 Å². The van der Waals surface area contributed by atoms with Crippen LogP contribution in [0.5, 0.6) is 0 Å². The summed E-state index contributed by atoms with van der Waals surface area (Å²) in [7, 11) is 3.67. The maximum absolute atomic E-state index is 11.8. The highest BCUT2D eigenvalue weighted by Gasteiger charge is 2.33. The van der Waals surface area contributed by atoms with E-state index in [9.17, 15) is 4.79 Å². The molecule has 0 bridgehead atoms. The number of carbonyl (C=O) groups excluding carboxylic acids is 1. The highest BCUT2D eigenvalue weighted by Crippen LogP contribution is 2.33. The monoisotopic (exact) mass is 452 g/mol. The van der Waals surface area contributed by atoms with Crippen molar-refractivity contribution in [1.29, 1.82) is 0 Å². The van der Waals surface area contributed by atoms with E-state index in [1.807, 2.05) is 12.1 Å². The van der Waals surface area contributed by atoms with Crippen molar-refractivity contribution in [3.63, 3.8) is 0 Å². The summed E-state index contributed by atoms with van der Waals surface area (Å²) in [5.41, 5.74) is 1.05. The molecule has 0 spiro atoms. The van der Waals surface area contributed by atoms with Gasteiger partial charge in [0.1, 0.15) is 0 Å². The van der Waals surface area contributed by atoms with Gasteiger partial charge in [-0.3, -0.25) is 4.79 Å². The highest BCUT2D eigenvalue weighted by molar-refractivity contribution is 7.19. The predicted octanol–water partition coefficient (Wildman–Crippen LogP) is 5.06. The van der Waals surface area contributed by atoms with E-state index in [0.29, 0.717) is 5.92 Å². The number of nitrogens with zero attached hydrogens (tertiary/aromatic N) is 1. The van der Waals surface area contributed by atoms with Gasteiger partial charge in [-0.25, -0.2) is 0 Å². The topological polar surface area (TPSA) is 41.6 Å². The minimum Gasteiger partial charge on any atom is -0.434 e. The molecule has 1 aromatic rings. The Bertz CT molecular complexity index is 679. The number of carbonyl (C=O) groups is 1. The zero-order valence-electron chi connectivity index (χ0n) is 19.3. The molecule has 0 aliphatic carbocycles. The van der Waals surface area contributed by atoms with E-state index in [2.05, 4.69) is 59.3 Å². The summed E-state index contributed by atoms with van der Waals surface area (Å²) in [5.74, 6) is 0.551. The molecular weight excluding hydrogens is 414 g/mol. The average molecular weight is 453 g/mol. The van der Waals surface area contributed by atoms with Crippen molar-refractivity contribution in [1.82, 2.24) is 5.32 Å². The molecule has 0 saturated carbocycles. The van der Waals surface area contributed by atoms with Gasteiger partial charge in [0.15, 0.2) is 0 Å². The largest absolute Gasteiger partial charge is 0.434 e. The van der Waals surface area contributed by atoms with Crippen LogP contribution in [-0.2, 0) is 9.45 Å². The minimum absolute atomic E-state index is 0.0436. The van der Waals surface area contributed by atoms with Gasteiger partial charge in [-0.1, -0.05) is 44.6 Å². The Hall–Kier alpha value is -0.765. The van der Waals surface area contributed by atoms with Crippen molar-refractivity contribution >= 4 is 39.9 Å². The Balaban J connectivity index is 1.78. The number of hydrogen-bond donors (Lipinski definition) is 1. The zero-order valence-corrected chi connectivity index (χ0v) is 21.3. The van der Waals surface area contributed by atoms with Crippen LogP contribution in [0.2, 0.25) is 11.3 Å². The fraction of sp³-hybridized carbons (Fsp3) is 0.696. The third-order valence-electron chi connectivity index (χ3n) is 6.55. The van der Waals surface area contributed by atoms with Crippen LogP contribution in [-0.4, -0.2) is 43.3 Å². The standard InChI is InChI=1S/C23H39BClN2O2P/c1-17(28)26-21(8-6-7-14-24-29-22(2,3)23(4,5)30)18-13-15-27(16-18)20-11-9-19(25)10-12-20/h9-12,18,21,24H,6-8,13-16,30H2,1-5H3,(H,26,28)/t18?,21-/m1/s1. The SMILES string of the molecule is CC(=O)N[C@H](CCCCBOC(C)(C)C(C)(C)P)C1CCN(c2ccc(Cl)cc2)C1. The van der Waals surface area contributed by atoms with Crippen molar-refractivity contribution in [2.24, 2.45) is 5.92 Å². The van der Waals surface area contributed by atoms with Gasteiger partial charge in [-0.15, -0.1) is 9.24 Å². The van der Waals surface area contributed by atoms with E-state index in [-0.39, 0.29) is 22.7 Å². The van der Waals surface area contributed by atoms with Crippen LogP contribution in [0.25, 0.3) is 0 Å². The van der Waals surface area contributed by atoms with Crippen LogP contribution in [0.3, 0.4) is 0 Å². The third kappa shape index (κ3) is 7.73. The molecule has 2 unspecified atom stereocenters. The van der Waals surface area contributed by atoms with Crippen molar-refractivity contribution in [2.45, 2.75) is 83.4 Å². The molecule has 4 nitrogen and oxygen atoms in total. The van der Waals surface area contributed by atoms with Crippen LogP contribution in [0.1, 0.15) is 60.3 Å². The highest BCUT2D eigenvalue weighted by atomic mass is 35.5. The van der Waals surface area contributed by atoms with Crippen molar-refractivity contribution in [2.75, 3.05) is 18.0 Å². The first-order chi connectivity index (χ1) is 14.0. The molecule has 1 aliphatic heterocycles. The Morgan fingerprint density at radius 2 is 1.97 bits per heavy atom. The number of rotatable bonds is 11. The average Bonchev–Trinajstić information content (AvgIpc) is 3.13. The van der Waals surface area contributed by atoms with Gasteiger partial charge < -0.3 is 14.9 Å². The summed E-state index contributed by atoms with van der Waals surface area (Å²) in [6.45, 7) is 12.3. The summed E-state index contributed by atoms with van der Waals surface area (Å²) < 4.78 is 6.13. The number of hydrogen-bond acceptors (Lipinski definition) is 3. The van der Waals surface area contributed by atoms with E-state index in [1.165, 1.54) is 5.69 Å². The fourth-order valence-electron chi connectivity index (χ4n) is 3.85. The van der Waals surface area contributed by atoms with Gasteiger partial charge in [-0.05, 0) is 56.9 Å². The molecule has 30 heavy (non-hydrogen) atoms. The number of benzene rings is 1. The molecule has 168 valence electrons. The van der Waals surface area contributed by atoms with Gasteiger partial charge in [-0.2, -0.15) is 0 Å². The molecule has 1 amide bonds. The molecule has 0 radical (unpaired) electrons. The lowest BCUT2D eigenvalue weighted by molar-refractivity contribution is -0.120. The summed E-state index contributed by atoms with van der Waals surface area (Å²) in [4.78, 5) is 14.2. The van der Waals surface area contributed by atoms with Crippen molar-refractivity contribution < 1.29 is 9.45 Å². The number of halogens is 1. The fourth-order valence-corrected chi connectivity index (χ4v) is 4.05. The van der Waals surface area contributed by atoms with E-state index < -0.39 is 0 Å². The van der Waals surface area contributed by atoms with Crippen LogP contribution >= 0.6 is 20.8 Å². The van der Waals surface area contributed by atoms with E-state index >= 15 is 0 Å².